The molecule has 2 aromatic heterocycles. The van der Waals surface area contributed by atoms with Crippen molar-refractivity contribution in [2.75, 3.05) is 11.1 Å². The van der Waals surface area contributed by atoms with E-state index in [1.54, 1.807) is 16.8 Å². The van der Waals surface area contributed by atoms with E-state index in [2.05, 4.69) is 15.4 Å². The van der Waals surface area contributed by atoms with Gasteiger partial charge < -0.3 is 5.32 Å². The summed E-state index contributed by atoms with van der Waals surface area (Å²) < 4.78 is 3.64. The maximum atomic E-state index is 13.0. The number of nitrogens with zero attached hydrogens (tertiary/aromatic N) is 4. The highest BCUT2D eigenvalue weighted by molar-refractivity contribution is 7.99. The molecule has 0 radical (unpaired) electrons. The van der Waals surface area contributed by atoms with Gasteiger partial charge in [-0.05, 0) is 38.3 Å². The largest absolute Gasteiger partial charge is 0.310 e. The maximum Gasteiger partial charge on any atom is 0.262 e. The summed E-state index contributed by atoms with van der Waals surface area (Å²) in [6.45, 7) is 4.04. The van der Waals surface area contributed by atoms with Crippen LogP contribution in [-0.4, -0.2) is 31.0 Å². The second kappa shape index (κ2) is 9.04. The van der Waals surface area contributed by atoms with Gasteiger partial charge in [-0.3, -0.25) is 14.2 Å². The molecule has 1 fully saturated rings. The van der Waals surface area contributed by atoms with Gasteiger partial charge in [0.25, 0.3) is 5.56 Å². The van der Waals surface area contributed by atoms with Crippen LogP contribution in [0.25, 0.3) is 10.9 Å². The fraction of sp³-hybridized carbons (Fsp3) is 0.455. The van der Waals surface area contributed by atoms with E-state index >= 15 is 0 Å². The normalized spacial score (nSPS) is 15.5. The van der Waals surface area contributed by atoms with E-state index < -0.39 is 0 Å². The summed E-state index contributed by atoms with van der Waals surface area (Å²) in [6, 6.07) is 9.55. The van der Waals surface area contributed by atoms with Crippen molar-refractivity contribution in [2.24, 2.45) is 0 Å². The molecule has 0 aliphatic heterocycles. The van der Waals surface area contributed by atoms with E-state index in [-0.39, 0.29) is 23.3 Å². The van der Waals surface area contributed by atoms with Crippen molar-refractivity contribution >= 4 is 34.4 Å². The number of thioether (sulfide) groups is 1. The molecule has 30 heavy (non-hydrogen) atoms. The highest BCUT2D eigenvalue weighted by Crippen LogP contribution is 2.31. The maximum absolute atomic E-state index is 13.0. The Morgan fingerprint density at radius 3 is 2.80 bits per heavy atom. The Balaban J connectivity index is 1.53. The highest BCUT2D eigenvalue weighted by atomic mass is 32.2. The van der Waals surface area contributed by atoms with Crippen molar-refractivity contribution < 1.29 is 4.79 Å². The Bertz CT molecular complexity index is 1100. The van der Waals surface area contributed by atoms with Gasteiger partial charge in [0.15, 0.2) is 5.16 Å². The first-order chi connectivity index (χ1) is 14.6. The molecule has 1 aromatic carbocycles. The Morgan fingerprint density at radius 2 is 2.03 bits per heavy atom. The van der Waals surface area contributed by atoms with Crippen LogP contribution in [0.15, 0.2) is 46.5 Å². The van der Waals surface area contributed by atoms with Crippen LogP contribution in [0.5, 0.6) is 0 Å². The van der Waals surface area contributed by atoms with Crippen LogP contribution in [0.2, 0.25) is 0 Å². The van der Waals surface area contributed by atoms with Gasteiger partial charge >= 0.3 is 0 Å². The molecule has 1 aliphatic carbocycles. The zero-order chi connectivity index (χ0) is 21.1. The summed E-state index contributed by atoms with van der Waals surface area (Å²) in [5.74, 6) is 0.785. The Labute approximate surface area is 179 Å². The lowest BCUT2D eigenvalue weighted by molar-refractivity contribution is -0.113. The summed E-state index contributed by atoms with van der Waals surface area (Å²) in [6.07, 6.45) is 7.14. The molecule has 1 aliphatic rings. The topological polar surface area (TPSA) is 81.8 Å². The molecule has 8 heteroatoms. The van der Waals surface area contributed by atoms with E-state index in [4.69, 9.17) is 0 Å². The number of nitrogens with one attached hydrogen (secondary N) is 1. The van der Waals surface area contributed by atoms with Gasteiger partial charge in [-0.15, -0.1) is 0 Å². The molecule has 0 unspecified atom stereocenters. The molecule has 1 saturated carbocycles. The molecule has 0 bridgehead atoms. The first-order valence-electron chi connectivity index (χ1n) is 10.6. The molecule has 1 atom stereocenters. The molecule has 0 saturated heterocycles. The number of rotatable bonds is 7. The second-order valence-electron chi connectivity index (χ2n) is 7.78. The van der Waals surface area contributed by atoms with Crippen molar-refractivity contribution in [2.45, 2.75) is 63.2 Å². The van der Waals surface area contributed by atoms with Gasteiger partial charge in [0.05, 0.1) is 28.9 Å². The summed E-state index contributed by atoms with van der Waals surface area (Å²) in [5, 5.41) is 8.56. The number of benzene rings is 1. The van der Waals surface area contributed by atoms with E-state index in [1.807, 2.05) is 42.8 Å². The predicted molar refractivity (Wildman–Crippen MR) is 120 cm³/mol. The van der Waals surface area contributed by atoms with Gasteiger partial charge in [0.1, 0.15) is 5.82 Å². The lowest BCUT2D eigenvalue weighted by Gasteiger charge is -2.18. The number of carbonyl (C=O) groups is 1. The molecule has 0 spiro atoms. The molecule has 2 heterocycles. The third-order valence-corrected chi connectivity index (χ3v) is 6.70. The first kappa shape index (κ1) is 20.7. The molecule has 4 rings (SSSR count). The number of fused-ring (bicyclic) bond motifs is 1. The Hall–Kier alpha value is -2.61. The van der Waals surface area contributed by atoms with Crippen molar-refractivity contribution in [3.63, 3.8) is 0 Å². The van der Waals surface area contributed by atoms with E-state index in [0.29, 0.717) is 22.1 Å². The number of anilines is 1. The van der Waals surface area contributed by atoms with Crippen LogP contribution in [0.3, 0.4) is 0 Å². The van der Waals surface area contributed by atoms with Gasteiger partial charge in [-0.25, -0.2) is 9.67 Å². The molecular weight excluding hydrogens is 398 g/mol. The van der Waals surface area contributed by atoms with Crippen LogP contribution in [0, 0.1) is 0 Å². The quantitative estimate of drug-likeness (QED) is 0.448. The van der Waals surface area contributed by atoms with Crippen LogP contribution in [0.1, 0.15) is 58.0 Å². The highest BCUT2D eigenvalue weighted by Gasteiger charge is 2.21. The summed E-state index contributed by atoms with van der Waals surface area (Å²) in [7, 11) is 0. The molecular formula is C22H27N5O2S. The minimum absolute atomic E-state index is 0.00367. The number of para-hydroxylation sites is 1. The van der Waals surface area contributed by atoms with Gasteiger partial charge in [0.2, 0.25) is 5.91 Å². The smallest absolute Gasteiger partial charge is 0.262 e. The van der Waals surface area contributed by atoms with Crippen LogP contribution < -0.4 is 10.9 Å². The summed E-state index contributed by atoms with van der Waals surface area (Å²) in [4.78, 5) is 30.4. The molecule has 1 N–H and O–H groups in total. The Morgan fingerprint density at radius 1 is 1.27 bits per heavy atom. The van der Waals surface area contributed by atoms with Gasteiger partial charge in [-0.2, -0.15) is 5.10 Å². The SMILES string of the molecule is CC[C@H](C)n1c(SCC(=O)Nc2ccnn2C2CCCC2)nc2ccccc2c1=O. The third kappa shape index (κ3) is 4.14. The number of carbonyl (C=O) groups excluding carboxylic acids is 1. The summed E-state index contributed by atoms with van der Waals surface area (Å²) in [5.41, 5.74) is 0.599. The molecule has 158 valence electrons. The van der Waals surface area contributed by atoms with Crippen LogP contribution >= 0.6 is 11.8 Å². The lowest BCUT2D eigenvalue weighted by Crippen LogP contribution is -2.27. The van der Waals surface area contributed by atoms with Crippen molar-refractivity contribution in [3.05, 3.63) is 46.9 Å². The van der Waals surface area contributed by atoms with Crippen molar-refractivity contribution in [3.8, 4) is 0 Å². The minimum Gasteiger partial charge on any atom is -0.310 e. The average molecular weight is 426 g/mol. The number of aromatic nitrogens is 4. The van der Waals surface area contributed by atoms with Crippen LogP contribution in [0.4, 0.5) is 5.82 Å². The number of hydrogen-bond acceptors (Lipinski definition) is 5. The monoisotopic (exact) mass is 425 g/mol. The number of amides is 1. The average Bonchev–Trinajstić information content (AvgIpc) is 3.43. The van der Waals surface area contributed by atoms with Gasteiger partial charge in [0, 0.05) is 12.1 Å². The zero-order valence-corrected chi connectivity index (χ0v) is 18.2. The first-order valence-corrected chi connectivity index (χ1v) is 11.5. The van der Waals surface area contributed by atoms with Crippen molar-refractivity contribution in [1.82, 2.24) is 19.3 Å². The zero-order valence-electron chi connectivity index (χ0n) is 17.4. The Kier molecular flexibility index (Phi) is 6.22. The second-order valence-corrected chi connectivity index (χ2v) is 8.72. The molecule has 3 aromatic rings. The predicted octanol–water partition coefficient (Wildman–Crippen LogP) is 4.41. The third-order valence-electron chi connectivity index (χ3n) is 5.75. The van der Waals surface area contributed by atoms with Crippen LogP contribution in [-0.2, 0) is 4.79 Å². The van der Waals surface area contributed by atoms with E-state index in [1.165, 1.54) is 24.6 Å². The minimum atomic E-state index is -0.127. The molecule has 1 amide bonds. The van der Waals surface area contributed by atoms with Gasteiger partial charge in [-0.1, -0.05) is 43.7 Å². The fourth-order valence-electron chi connectivity index (χ4n) is 3.96. The van der Waals surface area contributed by atoms with E-state index in [0.717, 1.165) is 25.1 Å². The fourth-order valence-corrected chi connectivity index (χ4v) is 4.86. The van der Waals surface area contributed by atoms with E-state index in [9.17, 15) is 9.59 Å². The standard InChI is InChI=1S/C22H27N5O2S/c1-3-15(2)26-21(29)17-10-6-7-11-18(17)24-22(26)30-14-20(28)25-19-12-13-23-27(19)16-8-4-5-9-16/h6-7,10-13,15-16H,3-5,8-9,14H2,1-2H3,(H,25,28)/t15-/m0/s1. The number of hydrogen-bond donors (Lipinski definition) is 1. The lowest BCUT2D eigenvalue weighted by atomic mass is 10.2. The van der Waals surface area contributed by atoms with Crippen molar-refractivity contribution in [1.29, 1.82) is 0 Å². The summed E-state index contributed by atoms with van der Waals surface area (Å²) >= 11 is 1.30. The molecule has 7 nitrogen and oxygen atoms in total.